The van der Waals surface area contributed by atoms with Gasteiger partial charge in [0.05, 0.1) is 5.69 Å². The predicted molar refractivity (Wildman–Crippen MR) is 72.7 cm³/mol. The van der Waals surface area contributed by atoms with Gasteiger partial charge in [0.25, 0.3) is 0 Å². The highest BCUT2D eigenvalue weighted by atomic mass is 79.9. The average molecular weight is 309 g/mol. The summed E-state index contributed by atoms with van der Waals surface area (Å²) in [5.74, 6) is -1.01. The Kier molecular flexibility index (Phi) is 3.52. The van der Waals surface area contributed by atoms with Crippen LogP contribution in [0.15, 0.2) is 34.8 Å². The summed E-state index contributed by atoms with van der Waals surface area (Å²) >= 11 is 3.38. The van der Waals surface area contributed by atoms with Gasteiger partial charge in [-0.3, -0.25) is 4.68 Å². The smallest absolute Gasteiger partial charge is 0.356 e. The third kappa shape index (κ3) is 2.46. The summed E-state index contributed by atoms with van der Waals surface area (Å²) in [5.41, 5.74) is 1.84. The third-order valence-electron chi connectivity index (χ3n) is 2.58. The molecule has 1 heterocycles. The van der Waals surface area contributed by atoms with Crippen LogP contribution in [0.3, 0.4) is 0 Å². The Bertz CT molecular complexity index is 573. The van der Waals surface area contributed by atoms with Crippen LogP contribution >= 0.6 is 15.9 Å². The van der Waals surface area contributed by atoms with E-state index in [2.05, 4.69) is 21.0 Å². The molecule has 1 aromatic carbocycles. The van der Waals surface area contributed by atoms with Crippen molar-refractivity contribution in [2.75, 3.05) is 0 Å². The van der Waals surface area contributed by atoms with Crippen molar-refractivity contribution >= 4 is 21.9 Å². The zero-order valence-electron chi connectivity index (χ0n) is 10.1. The first kappa shape index (κ1) is 12.8. The molecule has 18 heavy (non-hydrogen) atoms. The van der Waals surface area contributed by atoms with Crippen molar-refractivity contribution < 1.29 is 9.90 Å². The van der Waals surface area contributed by atoms with Crippen LogP contribution in [-0.4, -0.2) is 20.9 Å². The highest BCUT2D eigenvalue weighted by Crippen LogP contribution is 2.25. The van der Waals surface area contributed by atoms with Gasteiger partial charge in [0.15, 0.2) is 5.69 Å². The van der Waals surface area contributed by atoms with Crippen molar-refractivity contribution in [3.63, 3.8) is 0 Å². The standard InChI is InChI=1S/C13H13BrN2O2/c1-8(2)16-12(7-11(15-16)13(17)18)9-3-5-10(14)6-4-9/h3-8H,1-2H3,(H,17,18). The first-order valence-electron chi connectivity index (χ1n) is 5.58. The molecule has 0 aliphatic carbocycles. The van der Waals surface area contributed by atoms with E-state index in [1.807, 2.05) is 38.1 Å². The number of hydrogen-bond acceptors (Lipinski definition) is 2. The maximum absolute atomic E-state index is 11.0. The summed E-state index contributed by atoms with van der Waals surface area (Å²) in [5, 5.41) is 13.1. The Morgan fingerprint density at radius 2 is 1.94 bits per heavy atom. The molecule has 0 spiro atoms. The fraction of sp³-hybridized carbons (Fsp3) is 0.231. The summed E-state index contributed by atoms with van der Waals surface area (Å²) in [6.45, 7) is 3.95. The Morgan fingerprint density at radius 1 is 1.33 bits per heavy atom. The molecule has 1 N–H and O–H groups in total. The minimum atomic E-state index is -1.01. The maximum atomic E-state index is 11.0. The minimum Gasteiger partial charge on any atom is -0.476 e. The van der Waals surface area contributed by atoms with Gasteiger partial charge < -0.3 is 5.11 Å². The van der Waals surface area contributed by atoms with Crippen LogP contribution in [0, 0.1) is 0 Å². The molecule has 5 heteroatoms. The highest BCUT2D eigenvalue weighted by molar-refractivity contribution is 9.10. The third-order valence-corrected chi connectivity index (χ3v) is 3.11. The van der Waals surface area contributed by atoms with E-state index in [1.165, 1.54) is 0 Å². The van der Waals surface area contributed by atoms with Crippen molar-refractivity contribution in [3.8, 4) is 11.3 Å². The van der Waals surface area contributed by atoms with Crippen LogP contribution in [0.1, 0.15) is 30.4 Å². The number of hydrogen-bond donors (Lipinski definition) is 1. The van der Waals surface area contributed by atoms with Gasteiger partial charge in [-0.2, -0.15) is 5.10 Å². The molecular formula is C13H13BrN2O2. The number of halogens is 1. The van der Waals surface area contributed by atoms with Gasteiger partial charge in [-0.1, -0.05) is 28.1 Å². The Balaban J connectivity index is 2.54. The first-order valence-corrected chi connectivity index (χ1v) is 6.37. The zero-order valence-corrected chi connectivity index (χ0v) is 11.7. The van der Waals surface area contributed by atoms with Crippen LogP contribution in [0.25, 0.3) is 11.3 Å². The number of nitrogens with zero attached hydrogens (tertiary/aromatic N) is 2. The fourth-order valence-corrected chi connectivity index (χ4v) is 1.99. The molecular weight excluding hydrogens is 296 g/mol. The number of carbonyl (C=O) groups is 1. The molecule has 4 nitrogen and oxygen atoms in total. The summed E-state index contributed by atoms with van der Waals surface area (Å²) in [4.78, 5) is 11.0. The number of carboxylic acid groups (broad SMARTS) is 1. The number of aromatic nitrogens is 2. The van der Waals surface area contributed by atoms with Crippen molar-refractivity contribution in [3.05, 3.63) is 40.5 Å². The second-order valence-electron chi connectivity index (χ2n) is 4.27. The molecule has 0 amide bonds. The van der Waals surface area contributed by atoms with Gasteiger partial charge in [-0.05, 0) is 37.6 Å². The summed E-state index contributed by atoms with van der Waals surface area (Å²) in [6.07, 6.45) is 0. The average Bonchev–Trinajstić information content (AvgIpc) is 2.75. The Morgan fingerprint density at radius 3 is 2.44 bits per heavy atom. The van der Waals surface area contributed by atoms with Crippen molar-refractivity contribution in [2.45, 2.75) is 19.9 Å². The molecule has 0 radical (unpaired) electrons. The van der Waals surface area contributed by atoms with Gasteiger partial charge >= 0.3 is 5.97 Å². The highest BCUT2D eigenvalue weighted by Gasteiger charge is 2.16. The van der Waals surface area contributed by atoms with E-state index in [1.54, 1.807) is 10.7 Å². The number of aromatic carboxylic acids is 1. The summed E-state index contributed by atoms with van der Waals surface area (Å²) in [6, 6.07) is 9.43. The Labute approximate surface area is 113 Å². The minimum absolute atomic E-state index is 0.0709. The lowest BCUT2D eigenvalue weighted by molar-refractivity contribution is 0.0689. The summed E-state index contributed by atoms with van der Waals surface area (Å²) in [7, 11) is 0. The molecule has 0 fully saturated rings. The van der Waals surface area contributed by atoms with E-state index >= 15 is 0 Å². The van der Waals surface area contributed by atoms with Gasteiger partial charge in [0.1, 0.15) is 0 Å². The molecule has 2 aromatic rings. The van der Waals surface area contributed by atoms with Crippen molar-refractivity contribution in [1.82, 2.24) is 9.78 Å². The van der Waals surface area contributed by atoms with E-state index in [-0.39, 0.29) is 11.7 Å². The number of carboxylic acids is 1. The molecule has 0 saturated heterocycles. The van der Waals surface area contributed by atoms with E-state index < -0.39 is 5.97 Å². The van der Waals surface area contributed by atoms with Crippen molar-refractivity contribution in [2.24, 2.45) is 0 Å². The monoisotopic (exact) mass is 308 g/mol. The van der Waals surface area contributed by atoms with Crippen LogP contribution in [0.5, 0.6) is 0 Å². The maximum Gasteiger partial charge on any atom is 0.356 e. The van der Waals surface area contributed by atoms with Gasteiger partial charge in [-0.25, -0.2) is 4.79 Å². The van der Waals surface area contributed by atoms with E-state index in [0.29, 0.717) is 0 Å². The SMILES string of the molecule is CC(C)n1nc(C(=O)O)cc1-c1ccc(Br)cc1. The molecule has 0 aliphatic heterocycles. The first-order chi connectivity index (χ1) is 8.49. The lowest BCUT2D eigenvalue weighted by Gasteiger charge is -2.10. The van der Waals surface area contributed by atoms with Crippen molar-refractivity contribution in [1.29, 1.82) is 0 Å². The van der Waals surface area contributed by atoms with E-state index in [4.69, 9.17) is 5.11 Å². The lowest BCUT2D eigenvalue weighted by atomic mass is 10.1. The molecule has 0 aliphatic rings. The topological polar surface area (TPSA) is 55.1 Å². The van der Waals surface area contributed by atoms with Gasteiger partial charge in [-0.15, -0.1) is 0 Å². The van der Waals surface area contributed by atoms with Crippen LogP contribution in [0.4, 0.5) is 0 Å². The number of rotatable bonds is 3. The summed E-state index contributed by atoms with van der Waals surface area (Å²) < 4.78 is 2.72. The fourth-order valence-electron chi connectivity index (χ4n) is 1.73. The normalized spacial score (nSPS) is 10.9. The zero-order chi connectivity index (χ0) is 13.3. The van der Waals surface area contributed by atoms with Crippen LogP contribution in [0.2, 0.25) is 0 Å². The van der Waals surface area contributed by atoms with Gasteiger partial charge in [0.2, 0.25) is 0 Å². The van der Waals surface area contributed by atoms with Crippen LogP contribution < -0.4 is 0 Å². The molecule has 0 atom stereocenters. The lowest BCUT2D eigenvalue weighted by Crippen LogP contribution is -2.06. The molecule has 0 bridgehead atoms. The molecule has 1 aromatic heterocycles. The Hall–Kier alpha value is -1.62. The van der Waals surface area contributed by atoms with E-state index in [0.717, 1.165) is 15.7 Å². The van der Waals surface area contributed by atoms with Crippen LogP contribution in [-0.2, 0) is 0 Å². The van der Waals surface area contributed by atoms with Gasteiger partial charge in [0, 0.05) is 10.5 Å². The van der Waals surface area contributed by atoms with E-state index in [9.17, 15) is 4.79 Å². The molecule has 0 saturated carbocycles. The molecule has 0 unspecified atom stereocenters. The number of benzene rings is 1. The second kappa shape index (κ2) is 4.94. The predicted octanol–water partition coefficient (Wildman–Crippen LogP) is 3.59. The largest absolute Gasteiger partial charge is 0.476 e. The quantitative estimate of drug-likeness (QED) is 0.942. The molecule has 94 valence electrons. The molecule has 2 rings (SSSR count). The second-order valence-corrected chi connectivity index (χ2v) is 5.18.